The highest BCUT2D eigenvalue weighted by molar-refractivity contribution is 6.32. The summed E-state index contributed by atoms with van der Waals surface area (Å²) in [4.78, 5) is 0. The van der Waals surface area contributed by atoms with E-state index in [1.807, 2.05) is 50.2 Å². The van der Waals surface area contributed by atoms with Crippen LogP contribution < -0.4 is 5.32 Å². The van der Waals surface area contributed by atoms with Gasteiger partial charge in [0.2, 0.25) is 11.8 Å². The maximum atomic E-state index is 9.06. The van der Waals surface area contributed by atoms with Gasteiger partial charge in [0.15, 0.2) is 0 Å². The number of benzene rings is 2. The van der Waals surface area contributed by atoms with Gasteiger partial charge < -0.3 is 9.73 Å². The van der Waals surface area contributed by atoms with Gasteiger partial charge >= 0.3 is 0 Å². The van der Waals surface area contributed by atoms with Gasteiger partial charge in [-0.25, -0.2) is 0 Å². The Labute approximate surface area is 151 Å². The molecule has 0 radical (unpaired) electrons. The van der Waals surface area contributed by atoms with Gasteiger partial charge in [-0.3, -0.25) is 0 Å². The van der Waals surface area contributed by atoms with Crippen molar-refractivity contribution in [3.63, 3.8) is 0 Å². The van der Waals surface area contributed by atoms with Crippen LogP contribution in [0.3, 0.4) is 0 Å². The molecule has 25 heavy (non-hydrogen) atoms. The van der Waals surface area contributed by atoms with Crippen LogP contribution >= 0.6 is 11.6 Å². The summed E-state index contributed by atoms with van der Waals surface area (Å²) in [7, 11) is 0. The maximum absolute atomic E-state index is 9.06. The van der Waals surface area contributed by atoms with Gasteiger partial charge in [0.05, 0.1) is 10.6 Å². The van der Waals surface area contributed by atoms with Crippen molar-refractivity contribution >= 4 is 17.3 Å². The SMILES string of the molecule is CC[C@@H](Nc1ccc(C#N)c(Cl)c1C)c1nnc(-c2ccccc2)o1. The molecule has 6 heteroatoms. The largest absolute Gasteiger partial charge is 0.418 e. The van der Waals surface area contributed by atoms with Crippen molar-refractivity contribution in [2.24, 2.45) is 0 Å². The van der Waals surface area contributed by atoms with Crippen LogP contribution in [0.5, 0.6) is 0 Å². The number of nitriles is 1. The second-order valence-electron chi connectivity index (χ2n) is 5.63. The van der Waals surface area contributed by atoms with Crippen LogP contribution in [0.25, 0.3) is 11.5 Å². The Morgan fingerprint density at radius 2 is 1.96 bits per heavy atom. The van der Waals surface area contributed by atoms with Gasteiger partial charge in [-0.15, -0.1) is 10.2 Å². The zero-order valence-corrected chi connectivity index (χ0v) is 14.7. The van der Waals surface area contributed by atoms with Gasteiger partial charge in [0.1, 0.15) is 12.1 Å². The summed E-state index contributed by atoms with van der Waals surface area (Å²) in [6.07, 6.45) is 0.757. The highest BCUT2D eigenvalue weighted by Gasteiger charge is 2.19. The molecule has 0 aliphatic rings. The molecule has 3 aromatic rings. The quantitative estimate of drug-likeness (QED) is 0.688. The predicted molar refractivity (Wildman–Crippen MR) is 97.3 cm³/mol. The maximum Gasteiger partial charge on any atom is 0.247 e. The Hall–Kier alpha value is -2.84. The van der Waals surface area contributed by atoms with Crippen molar-refractivity contribution in [2.75, 3.05) is 5.32 Å². The van der Waals surface area contributed by atoms with Gasteiger partial charge in [-0.05, 0) is 43.2 Å². The third-order valence-corrected chi connectivity index (χ3v) is 4.49. The minimum Gasteiger partial charge on any atom is -0.418 e. The number of anilines is 1. The van der Waals surface area contributed by atoms with E-state index >= 15 is 0 Å². The molecule has 0 aliphatic heterocycles. The van der Waals surface area contributed by atoms with Gasteiger partial charge in [0, 0.05) is 11.3 Å². The monoisotopic (exact) mass is 352 g/mol. The second kappa shape index (κ2) is 7.37. The number of nitrogens with one attached hydrogen (secondary N) is 1. The van der Waals surface area contributed by atoms with Crippen LogP contribution in [0.15, 0.2) is 46.9 Å². The fourth-order valence-corrected chi connectivity index (χ4v) is 2.73. The lowest BCUT2D eigenvalue weighted by Gasteiger charge is -2.17. The Morgan fingerprint density at radius 1 is 1.20 bits per heavy atom. The smallest absolute Gasteiger partial charge is 0.247 e. The Morgan fingerprint density at radius 3 is 2.64 bits per heavy atom. The van der Waals surface area contributed by atoms with E-state index in [0.717, 1.165) is 23.2 Å². The molecular formula is C19H17ClN4O. The zero-order valence-electron chi connectivity index (χ0n) is 14.0. The fraction of sp³-hybridized carbons (Fsp3) is 0.211. The Bertz CT molecular complexity index is 915. The molecule has 0 unspecified atom stereocenters. The first-order chi connectivity index (χ1) is 12.1. The number of halogens is 1. The number of hydrogen-bond acceptors (Lipinski definition) is 5. The average Bonchev–Trinajstić information content (AvgIpc) is 3.14. The molecule has 2 aromatic carbocycles. The Kier molecular flexibility index (Phi) is 5.01. The van der Waals surface area contributed by atoms with Crippen LogP contribution in [-0.4, -0.2) is 10.2 Å². The van der Waals surface area contributed by atoms with Gasteiger partial charge in [0.25, 0.3) is 0 Å². The highest BCUT2D eigenvalue weighted by Crippen LogP contribution is 2.31. The molecule has 5 nitrogen and oxygen atoms in total. The normalized spacial score (nSPS) is 11.8. The highest BCUT2D eigenvalue weighted by atomic mass is 35.5. The topological polar surface area (TPSA) is 74.7 Å². The molecule has 1 heterocycles. The molecule has 0 fully saturated rings. The zero-order chi connectivity index (χ0) is 17.8. The van der Waals surface area contributed by atoms with Crippen LogP contribution in [0.1, 0.15) is 36.4 Å². The van der Waals surface area contributed by atoms with Gasteiger partial charge in [-0.2, -0.15) is 5.26 Å². The molecule has 1 atom stereocenters. The van der Waals surface area contributed by atoms with Crippen LogP contribution in [0.4, 0.5) is 5.69 Å². The van der Waals surface area contributed by atoms with E-state index < -0.39 is 0 Å². The number of hydrogen-bond donors (Lipinski definition) is 1. The van der Waals surface area contributed by atoms with E-state index in [1.165, 1.54) is 0 Å². The Balaban J connectivity index is 1.86. The van der Waals surface area contributed by atoms with Crippen LogP contribution in [-0.2, 0) is 0 Å². The molecule has 0 saturated heterocycles. The summed E-state index contributed by atoms with van der Waals surface area (Å²) in [6, 6.07) is 15.1. The predicted octanol–water partition coefficient (Wildman–Crippen LogP) is 5.13. The molecule has 0 bridgehead atoms. The van der Waals surface area contributed by atoms with Crippen LogP contribution in [0.2, 0.25) is 5.02 Å². The third-order valence-electron chi connectivity index (χ3n) is 4.00. The van der Waals surface area contributed by atoms with Crippen LogP contribution in [0, 0.1) is 18.3 Å². The molecule has 0 aliphatic carbocycles. The van der Waals surface area contributed by atoms with Crippen molar-refractivity contribution in [3.05, 3.63) is 64.5 Å². The van der Waals surface area contributed by atoms with Crippen molar-refractivity contribution < 1.29 is 4.42 Å². The van der Waals surface area contributed by atoms with Crippen molar-refractivity contribution in [1.82, 2.24) is 10.2 Å². The first-order valence-electron chi connectivity index (χ1n) is 7.98. The van der Waals surface area contributed by atoms with E-state index in [0.29, 0.717) is 22.4 Å². The molecule has 3 rings (SSSR count). The summed E-state index contributed by atoms with van der Waals surface area (Å²) < 4.78 is 5.84. The molecule has 0 spiro atoms. The van der Waals surface area contributed by atoms with Crippen molar-refractivity contribution in [2.45, 2.75) is 26.3 Å². The number of nitrogens with zero attached hydrogens (tertiary/aromatic N) is 3. The van der Waals surface area contributed by atoms with E-state index in [4.69, 9.17) is 21.3 Å². The lowest BCUT2D eigenvalue weighted by atomic mass is 10.1. The van der Waals surface area contributed by atoms with Gasteiger partial charge in [-0.1, -0.05) is 36.7 Å². The molecule has 0 saturated carbocycles. The number of rotatable bonds is 5. The molecule has 1 N–H and O–H groups in total. The summed E-state index contributed by atoms with van der Waals surface area (Å²) in [5, 5.41) is 21.2. The molecule has 126 valence electrons. The standard InChI is InChI=1S/C19H17ClN4O/c1-3-15(22-16-10-9-14(11-21)17(20)12(16)2)19-24-23-18(25-19)13-7-5-4-6-8-13/h4-10,15,22H,3H2,1-2H3/t15-/m1/s1. The minimum atomic E-state index is -0.146. The lowest BCUT2D eigenvalue weighted by molar-refractivity contribution is 0.467. The molecule has 1 aromatic heterocycles. The first-order valence-corrected chi connectivity index (χ1v) is 8.36. The van der Waals surface area contributed by atoms with E-state index in [1.54, 1.807) is 6.07 Å². The number of aromatic nitrogens is 2. The lowest BCUT2D eigenvalue weighted by Crippen LogP contribution is -2.11. The first kappa shape index (κ1) is 17.0. The molecular weight excluding hydrogens is 336 g/mol. The third kappa shape index (κ3) is 3.49. The summed E-state index contributed by atoms with van der Waals surface area (Å²) in [5.74, 6) is 1.01. The van der Waals surface area contributed by atoms with Crippen molar-refractivity contribution in [1.29, 1.82) is 5.26 Å². The van der Waals surface area contributed by atoms with E-state index in [2.05, 4.69) is 21.6 Å². The summed E-state index contributed by atoms with van der Waals surface area (Å²) in [5.41, 5.74) is 3.01. The van der Waals surface area contributed by atoms with E-state index in [-0.39, 0.29) is 6.04 Å². The average molecular weight is 353 g/mol. The van der Waals surface area contributed by atoms with Crippen molar-refractivity contribution in [3.8, 4) is 17.5 Å². The minimum absolute atomic E-state index is 0.146. The summed E-state index contributed by atoms with van der Waals surface area (Å²) in [6.45, 7) is 3.91. The summed E-state index contributed by atoms with van der Waals surface area (Å²) >= 11 is 6.24. The fourth-order valence-electron chi connectivity index (χ4n) is 2.53. The molecule has 0 amide bonds. The second-order valence-corrected chi connectivity index (χ2v) is 6.01. The van der Waals surface area contributed by atoms with E-state index in [9.17, 15) is 0 Å².